The fourth-order valence-corrected chi connectivity index (χ4v) is 1.90. The Morgan fingerprint density at radius 2 is 2.06 bits per heavy atom. The second-order valence-electron chi connectivity index (χ2n) is 5.27. The van der Waals surface area contributed by atoms with E-state index in [0.717, 1.165) is 13.1 Å². The predicted molar refractivity (Wildman–Crippen MR) is 68.8 cm³/mol. The summed E-state index contributed by atoms with van der Waals surface area (Å²) in [5.74, 6) is 1.20. The van der Waals surface area contributed by atoms with E-state index in [9.17, 15) is 4.79 Å². The minimum absolute atomic E-state index is 0.0330. The molecule has 1 rings (SSSR count). The maximum Gasteiger partial charge on any atom is 0.227 e. The number of carbonyl (C=O) groups excluding carboxylic acids is 1. The lowest BCUT2D eigenvalue weighted by molar-refractivity contribution is -0.125. The lowest BCUT2D eigenvalue weighted by Gasteiger charge is -2.20. The second-order valence-corrected chi connectivity index (χ2v) is 5.27. The quantitative estimate of drug-likeness (QED) is 0.731. The van der Waals surface area contributed by atoms with Crippen molar-refractivity contribution in [2.24, 2.45) is 17.8 Å². The molecule has 0 spiro atoms. The van der Waals surface area contributed by atoms with Gasteiger partial charge in [-0.2, -0.15) is 0 Å². The first-order chi connectivity index (χ1) is 8.06. The van der Waals surface area contributed by atoms with Gasteiger partial charge in [0.25, 0.3) is 0 Å². The highest BCUT2D eigenvalue weighted by molar-refractivity contribution is 5.79. The van der Waals surface area contributed by atoms with Gasteiger partial charge in [-0.3, -0.25) is 4.79 Å². The molecule has 0 bridgehead atoms. The normalized spacial score (nSPS) is 26.2. The molecule has 1 fully saturated rings. The number of ether oxygens (including phenoxy) is 1. The fraction of sp³-hybridized carbons (Fsp3) is 0.923. The molecule has 4 heteroatoms. The highest BCUT2D eigenvalue weighted by Gasteiger charge is 2.33. The van der Waals surface area contributed by atoms with Gasteiger partial charge < -0.3 is 15.4 Å². The van der Waals surface area contributed by atoms with Crippen LogP contribution in [0.3, 0.4) is 0 Å². The molecule has 1 saturated heterocycles. The van der Waals surface area contributed by atoms with E-state index < -0.39 is 0 Å². The number of nitrogens with one attached hydrogen (secondary N) is 2. The molecule has 1 aliphatic heterocycles. The third kappa shape index (κ3) is 4.28. The minimum Gasteiger partial charge on any atom is -0.379 e. The smallest absolute Gasteiger partial charge is 0.227 e. The van der Waals surface area contributed by atoms with E-state index in [1.165, 1.54) is 0 Å². The van der Waals surface area contributed by atoms with Crippen molar-refractivity contribution in [2.75, 3.05) is 26.3 Å². The van der Waals surface area contributed by atoms with Crippen LogP contribution in [0.4, 0.5) is 0 Å². The topological polar surface area (TPSA) is 50.4 Å². The van der Waals surface area contributed by atoms with Crippen molar-refractivity contribution in [1.29, 1.82) is 0 Å². The van der Waals surface area contributed by atoms with Gasteiger partial charge in [-0.25, -0.2) is 0 Å². The van der Waals surface area contributed by atoms with Crippen molar-refractivity contribution in [3.63, 3.8) is 0 Å². The number of carbonyl (C=O) groups is 1. The van der Waals surface area contributed by atoms with Crippen molar-refractivity contribution in [1.82, 2.24) is 10.6 Å². The molecule has 0 aliphatic carbocycles. The third-order valence-corrected chi connectivity index (χ3v) is 3.62. The summed E-state index contributed by atoms with van der Waals surface area (Å²) >= 11 is 0. The summed E-state index contributed by atoms with van der Waals surface area (Å²) in [6.45, 7) is 11.4. The van der Waals surface area contributed by atoms with E-state index in [1.807, 2.05) is 6.92 Å². The molecule has 0 aromatic rings. The molecule has 1 amide bonds. The molecule has 4 nitrogen and oxygen atoms in total. The largest absolute Gasteiger partial charge is 0.379 e. The van der Waals surface area contributed by atoms with E-state index in [1.54, 1.807) is 0 Å². The van der Waals surface area contributed by atoms with Gasteiger partial charge in [0.15, 0.2) is 0 Å². The molecule has 0 radical (unpaired) electrons. The number of likely N-dealkylation sites (N-methyl/N-ethyl adjacent to an activating group) is 1. The van der Waals surface area contributed by atoms with Crippen LogP contribution in [0.15, 0.2) is 0 Å². The highest BCUT2D eigenvalue weighted by Crippen LogP contribution is 2.14. The molecule has 17 heavy (non-hydrogen) atoms. The van der Waals surface area contributed by atoms with Crippen LogP contribution in [0, 0.1) is 17.8 Å². The molecule has 0 saturated carbocycles. The Morgan fingerprint density at radius 3 is 2.65 bits per heavy atom. The maximum atomic E-state index is 12.0. The molecular formula is C13H26N2O2. The Bertz CT molecular complexity index is 244. The fourth-order valence-electron chi connectivity index (χ4n) is 1.90. The summed E-state index contributed by atoms with van der Waals surface area (Å²) in [5, 5.41) is 6.34. The summed E-state index contributed by atoms with van der Waals surface area (Å²) in [5.41, 5.74) is 0. The van der Waals surface area contributed by atoms with Gasteiger partial charge in [0.1, 0.15) is 0 Å². The summed E-state index contributed by atoms with van der Waals surface area (Å²) in [4.78, 5) is 12.0. The first-order valence-corrected chi connectivity index (χ1v) is 6.65. The van der Waals surface area contributed by atoms with Crippen LogP contribution in [0.25, 0.3) is 0 Å². The third-order valence-electron chi connectivity index (χ3n) is 3.62. The number of rotatable bonds is 6. The predicted octanol–water partition coefficient (Wildman–Crippen LogP) is 1.02. The lowest BCUT2D eigenvalue weighted by Crippen LogP contribution is -2.45. The second kappa shape index (κ2) is 6.97. The molecule has 100 valence electrons. The van der Waals surface area contributed by atoms with Crippen LogP contribution in [0.5, 0.6) is 0 Å². The average molecular weight is 242 g/mol. The van der Waals surface area contributed by atoms with Crippen molar-refractivity contribution >= 4 is 5.91 Å². The SMILES string of the molecule is CCNC1COCC1C(=O)NCC(C)C(C)C. The van der Waals surface area contributed by atoms with Gasteiger partial charge in [0.05, 0.1) is 19.1 Å². The Balaban J connectivity index is 2.36. The number of hydrogen-bond acceptors (Lipinski definition) is 3. The van der Waals surface area contributed by atoms with Crippen LogP contribution in [0.2, 0.25) is 0 Å². The average Bonchev–Trinajstić information content (AvgIpc) is 2.74. The van der Waals surface area contributed by atoms with Gasteiger partial charge in [0.2, 0.25) is 5.91 Å². The molecule has 2 N–H and O–H groups in total. The van der Waals surface area contributed by atoms with Crippen LogP contribution >= 0.6 is 0 Å². The van der Waals surface area contributed by atoms with Crippen molar-refractivity contribution in [3.05, 3.63) is 0 Å². The molecule has 0 aromatic heterocycles. The van der Waals surface area contributed by atoms with Crippen molar-refractivity contribution < 1.29 is 9.53 Å². The first-order valence-electron chi connectivity index (χ1n) is 6.65. The first kappa shape index (κ1) is 14.5. The maximum absolute atomic E-state index is 12.0. The van der Waals surface area contributed by atoms with Crippen molar-refractivity contribution in [3.8, 4) is 0 Å². The summed E-state index contributed by atoms with van der Waals surface area (Å²) in [7, 11) is 0. The lowest BCUT2D eigenvalue weighted by atomic mass is 9.97. The van der Waals surface area contributed by atoms with E-state index >= 15 is 0 Å². The van der Waals surface area contributed by atoms with Gasteiger partial charge in [0, 0.05) is 12.6 Å². The van der Waals surface area contributed by atoms with Gasteiger partial charge in [-0.1, -0.05) is 27.7 Å². The monoisotopic (exact) mass is 242 g/mol. The molecule has 0 aromatic carbocycles. The zero-order valence-electron chi connectivity index (χ0n) is 11.5. The molecule has 1 heterocycles. The molecule has 1 aliphatic rings. The zero-order chi connectivity index (χ0) is 12.8. The van der Waals surface area contributed by atoms with Gasteiger partial charge in [-0.05, 0) is 18.4 Å². The summed E-state index contributed by atoms with van der Waals surface area (Å²) < 4.78 is 5.37. The molecule has 3 unspecified atom stereocenters. The minimum atomic E-state index is -0.0330. The summed E-state index contributed by atoms with van der Waals surface area (Å²) in [6.07, 6.45) is 0. The van der Waals surface area contributed by atoms with Gasteiger partial charge in [-0.15, -0.1) is 0 Å². The van der Waals surface area contributed by atoms with Crippen LogP contribution < -0.4 is 10.6 Å². The number of amides is 1. The van der Waals surface area contributed by atoms with Crippen molar-refractivity contribution in [2.45, 2.75) is 33.7 Å². The number of hydrogen-bond donors (Lipinski definition) is 2. The van der Waals surface area contributed by atoms with E-state index in [4.69, 9.17) is 4.74 Å². The molecular weight excluding hydrogens is 216 g/mol. The standard InChI is InChI=1S/C13H26N2O2/c1-5-14-12-8-17-7-11(12)13(16)15-6-10(4)9(2)3/h9-12,14H,5-8H2,1-4H3,(H,15,16). The Kier molecular flexibility index (Phi) is 5.92. The Hall–Kier alpha value is -0.610. The zero-order valence-corrected chi connectivity index (χ0v) is 11.5. The molecule has 3 atom stereocenters. The van der Waals surface area contributed by atoms with E-state index in [2.05, 4.69) is 31.4 Å². The van der Waals surface area contributed by atoms with E-state index in [-0.39, 0.29) is 17.9 Å². The van der Waals surface area contributed by atoms with E-state index in [0.29, 0.717) is 25.0 Å². The van der Waals surface area contributed by atoms with Gasteiger partial charge >= 0.3 is 0 Å². The van der Waals surface area contributed by atoms with Crippen LogP contribution in [-0.4, -0.2) is 38.3 Å². The van der Waals surface area contributed by atoms with Crippen LogP contribution in [-0.2, 0) is 9.53 Å². The van der Waals surface area contributed by atoms with Crippen LogP contribution in [0.1, 0.15) is 27.7 Å². The Labute approximate surface area is 104 Å². The summed E-state index contributed by atoms with van der Waals surface area (Å²) in [6, 6.07) is 0.175. The Morgan fingerprint density at radius 1 is 1.35 bits per heavy atom. The highest BCUT2D eigenvalue weighted by atomic mass is 16.5.